The molecule has 44 heavy (non-hydrogen) atoms. The number of rotatable bonds is 12. The van der Waals surface area contributed by atoms with E-state index in [-0.39, 0.29) is 18.2 Å². The smallest absolute Gasteiger partial charge is 0.321 e. The number of urea groups is 1. The fourth-order valence-corrected chi connectivity index (χ4v) is 7.53. The molecule has 10 nitrogen and oxygen atoms in total. The molecule has 1 heterocycles. The van der Waals surface area contributed by atoms with Gasteiger partial charge in [0.2, 0.25) is 13.3 Å². The van der Waals surface area contributed by atoms with Crippen molar-refractivity contribution in [1.82, 2.24) is 4.90 Å². The summed E-state index contributed by atoms with van der Waals surface area (Å²) in [6.45, 7) is 5.51. The third-order valence-corrected chi connectivity index (χ3v) is 9.51. The average molecular weight is 620 g/mol. The van der Waals surface area contributed by atoms with E-state index < -0.39 is 43.1 Å². The van der Waals surface area contributed by atoms with Gasteiger partial charge in [-0.15, -0.1) is 0 Å². The van der Waals surface area contributed by atoms with Crippen LogP contribution < -0.4 is 15.4 Å². The van der Waals surface area contributed by atoms with Gasteiger partial charge in [0.1, 0.15) is 5.75 Å². The molecule has 5 amide bonds. The van der Waals surface area contributed by atoms with Crippen LogP contribution in [0.15, 0.2) is 72.8 Å². The Morgan fingerprint density at radius 3 is 1.95 bits per heavy atom. The molecule has 0 spiro atoms. The van der Waals surface area contributed by atoms with Crippen molar-refractivity contribution in [1.29, 1.82) is 0 Å². The molecule has 3 N–H and O–H groups in total. The second kappa shape index (κ2) is 13.6. The first-order valence-electron chi connectivity index (χ1n) is 14.4. The molecular weight excluding hydrogens is 581 g/mol. The minimum absolute atomic E-state index is 0.00881. The number of carbonyl (C=O) groups excluding carboxylic acids is 4. The Kier molecular flexibility index (Phi) is 10.1. The van der Waals surface area contributed by atoms with Gasteiger partial charge in [0.05, 0.1) is 23.9 Å². The van der Waals surface area contributed by atoms with E-state index in [9.17, 15) is 28.6 Å². The molecule has 3 atom stereocenters. The van der Waals surface area contributed by atoms with Gasteiger partial charge in [-0.05, 0) is 73.2 Å². The van der Waals surface area contributed by atoms with Crippen LogP contribution in [0, 0.1) is 11.8 Å². The standard InChI is InChI=1S/C33H38N3O7P/c1-21(2)17-25(30(37)35(33(34)40)22(3)18-23-11-15-27(43-4)16-12-23)20-44(41,42)19-24-9-13-26(14-10-24)36-31(38)28-7-5-6-8-29(28)32(36)39/h5-16,21-22,25H,17-20H2,1-4H3,(H2,34,40)(H,41,42). The topological polar surface area (TPSA) is 147 Å². The first kappa shape index (κ1) is 32.6. The molecule has 0 bridgehead atoms. The van der Waals surface area contributed by atoms with Gasteiger partial charge in [0.15, 0.2) is 0 Å². The van der Waals surface area contributed by atoms with Crippen molar-refractivity contribution in [2.45, 2.75) is 45.8 Å². The Morgan fingerprint density at radius 2 is 1.45 bits per heavy atom. The molecule has 0 radical (unpaired) electrons. The van der Waals surface area contributed by atoms with Crippen molar-refractivity contribution >= 4 is 36.8 Å². The van der Waals surface area contributed by atoms with Crippen molar-refractivity contribution in [3.05, 3.63) is 95.1 Å². The maximum absolute atomic E-state index is 13.7. The lowest BCUT2D eigenvalue weighted by atomic mass is 9.96. The number of fused-ring (bicyclic) bond motifs is 1. The van der Waals surface area contributed by atoms with E-state index in [0.29, 0.717) is 41.0 Å². The molecule has 3 unspecified atom stereocenters. The number of benzene rings is 3. The summed E-state index contributed by atoms with van der Waals surface area (Å²) >= 11 is 0. The summed E-state index contributed by atoms with van der Waals surface area (Å²) in [5, 5.41) is 0. The van der Waals surface area contributed by atoms with Crippen LogP contribution in [0.1, 0.15) is 59.0 Å². The van der Waals surface area contributed by atoms with Crippen LogP contribution in [-0.4, -0.2) is 52.9 Å². The summed E-state index contributed by atoms with van der Waals surface area (Å²) in [7, 11) is -2.37. The lowest BCUT2D eigenvalue weighted by Crippen LogP contribution is -2.50. The zero-order valence-electron chi connectivity index (χ0n) is 25.3. The van der Waals surface area contributed by atoms with Crippen molar-refractivity contribution in [3.63, 3.8) is 0 Å². The summed E-state index contributed by atoms with van der Waals surface area (Å²) in [5.41, 5.74) is 8.05. The van der Waals surface area contributed by atoms with Gasteiger partial charge in [-0.2, -0.15) is 0 Å². The summed E-state index contributed by atoms with van der Waals surface area (Å²) in [6, 6.07) is 18.6. The highest BCUT2D eigenvalue weighted by molar-refractivity contribution is 7.57. The first-order chi connectivity index (χ1) is 20.8. The minimum Gasteiger partial charge on any atom is -0.497 e. The molecule has 3 aromatic carbocycles. The molecule has 0 saturated carbocycles. The van der Waals surface area contributed by atoms with Crippen LogP contribution in [0.4, 0.5) is 10.5 Å². The normalized spacial score (nSPS) is 15.5. The van der Waals surface area contributed by atoms with E-state index in [4.69, 9.17) is 10.5 Å². The molecule has 0 aromatic heterocycles. The molecule has 0 saturated heterocycles. The number of hydrogen-bond donors (Lipinski definition) is 2. The lowest BCUT2D eigenvalue weighted by molar-refractivity contribution is -0.133. The molecule has 0 fully saturated rings. The van der Waals surface area contributed by atoms with Crippen LogP contribution in [0.2, 0.25) is 0 Å². The maximum Gasteiger partial charge on any atom is 0.321 e. The van der Waals surface area contributed by atoms with Gasteiger partial charge in [-0.3, -0.25) is 23.8 Å². The predicted octanol–water partition coefficient (Wildman–Crippen LogP) is 5.47. The number of anilines is 1. The maximum atomic E-state index is 13.7. The van der Waals surface area contributed by atoms with Gasteiger partial charge >= 0.3 is 6.03 Å². The van der Waals surface area contributed by atoms with Crippen LogP contribution >= 0.6 is 7.37 Å². The van der Waals surface area contributed by atoms with Crippen LogP contribution in [0.3, 0.4) is 0 Å². The third kappa shape index (κ3) is 7.44. The molecule has 1 aliphatic heterocycles. The summed E-state index contributed by atoms with van der Waals surface area (Å²) in [5.74, 6) is -1.66. The molecule has 11 heteroatoms. The van der Waals surface area contributed by atoms with E-state index in [1.807, 2.05) is 26.0 Å². The molecule has 0 aliphatic carbocycles. The predicted molar refractivity (Wildman–Crippen MR) is 168 cm³/mol. The number of methoxy groups -OCH3 is 1. The average Bonchev–Trinajstić information content (AvgIpc) is 3.22. The molecule has 1 aliphatic rings. The highest BCUT2D eigenvalue weighted by atomic mass is 31.2. The van der Waals surface area contributed by atoms with Crippen molar-refractivity contribution in [2.75, 3.05) is 18.2 Å². The quantitative estimate of drug-likeness (QED) is 0.202. The van der Waals surface area contributed by atoms with Gasteiger partial charge in [-0.25, -0.2) is 9.69 Å². The van der Waals surface area contributed by atoms with Crippen molar-refractivity contribution in [2.24, 2.45) is 17.6 Å². The number of primary amides is 1. The summed E-state index contributed by atoms with van der Waals surface area (Å²) in [6.07, 6.45) is 0.0862. The largest absolute Gasteiger partial charge is 0.497 e. The molecule has 4 rings (SSSR count). The Hall–Kier alpha value is -4.27. The zero-order chi connectivity index (χ0) is 32.2. The SMILES string of the molecule is COc1ccc(CC(C)N(C(N)=O)C(=O)C(CC(C)C)CP(=O)(O)Cc2ccc(N3C(=O)c4ccccc4C3=O)cc2)cc1. The number of amides is 5. The summed E-state index contributed by atoms with van der Waals surface area (Å²) < 4.78 is 18.7. The number of nitrogens with two attached hydrogens (primary N) is 1. The molecule has 232 valence electrons. The van der Waals surface area contributed by atoms with E-state index >= 15 is 0 Å². The third-order valence-electron chi connectivity index (χ3n) is 7.63. The van der Waals surface area contributed by atoms with Gasteiger partial charge in [-0.1, -0.05) is 50.2 Å². The second-order valence-electron chi connectivity index (χ2n) is 11.6. The second-order valence-corrected chi connectivity index (χ2v) is 14.0. The van der Waals surface area contributed by atoms with Crippen LogP contribution in [0.5, 0.6) is 5.75 Å². The van der Waals surface area contributed by atoms with Crippen LogP contribution in [-0.2, 0) is 21.9 Å². The van der Waals surface area contributed by atoms with E-state index in [2.05, 4.69) is 0 Å². The first-order valence-corrected chi connectivity index (χ1v) is 16.5. The van der Waals surface area contributed by atoms with Crippen molar-refractivity contribution < 1.29 is 33.4 Å². The van der Waals surface area contributed by atoms with Gasteiger partial charge in [0, 0.05) is 24.3 Å². The Labute approximate surface area is 257 Å². The summed E-state index contributed by atoms with van der Waals surface area (Å²) in [4.78, 5) is 65.0. The van der Waals surface area contributed by atoms with E-state index in [1.54, 1.807) is 74.7 Å². The Bertz CT molecular complexity index is 1550. The monoisotopic (exact) mass is 619 g/mol. The van der Waals surface area contributed by atoms with E-state index in [1.165, 1.54) is 0 Å². The highest BCUT2D eigenvalue weighted by Crippen LogP contribution is 2.47. The molecule has 3 aromatic rings. The van der Waals surface area contributed by atoms with Crippen LogP contribution in [0.25, 0.3) is 0 Å². The zero-order valence-corrected chi connectivity index (χ0v) is 26.2. The van der Waals surface area contributed by atoms with Gasteiger partial charge in [0.25, 0.3) is 11.8 Å². The van der Waals surface area contributed by atoms with Gasteiger partial charge < -0.3 is 15.4 Å². The minimum atomic E-state index is -3.93. The molecular formula is C33H38N3O7P. The Morgan fingerprint density at radius 1 is 0.909 bits per heavy atom. The Balaban J connectivity index is 1.47. The number of hydrogen-bond acceptors (Lipinski definition) is 6. The number of nitrogens with zero attached hydrogens (tertiary/aromatic N) is 2. The number of ether oxygens (including phenoxy) is 1. The fourth-order valence-electron chi connectivity index (χ4n) is 5.62. The van der Waals surface area contributed by atoms with E-state index in [0.717, 1.165) is 15.4 Å². The fraction of sp³-hybridized carbons (Fsp3) is 0.333. The lowest BCUT2D eigenvalue weighted by Gasteiger charge is -2.31. The highest BCUT2D eigenvalue weighted by Gasteiger charge is 2.38. The number of imide groups is 2. The number of carbonyl (C=O) groups is 4. The van der Waals surface area contributed by atoms with Crippen molar-refractivity contribution in [3.8, 4) is 5.75 Å².